The molecule has 0 unspecified atom stereocenters. The number of amidine groups is 1. The zero-order valence-electron chi connectivity index (χ0n) is 15.6. The Balaban J connectivity index is 1.56. The number of carbonyl (C=O) groups is 1. The SMILES string of the molecule is Cc1ccc(/C(N)=N/OC(=O)C2CCN(S(=O)(=O)c3ccccc3)CC2)cc1. The van der Waals surface area contributed by atoms with E-state index >= 15 is 0 Å². The van der Waals surface area contributed by atoms with E-state index in [-0.39, 0.29) is 23.8 Å². The molecule has 148 valence electrons. The minimum atomic E-state index is -3.54. The summed E-state index contributed by atoms with van der Waals surface area (Å²) in [7, 11) is -3.54. The lowest BCUT2D eigenvalue weighted by Crippen LogP contribution is -2.40. The topological polar surface area (TPSA) is 102 Å². The Hall–Kier alpha value is -2.71. The van der Waals surface area contributed by atoms with E-state index < -0.39 is 21.9 Å². The van der Waals surface area contributed by atoms with Crippen molar-refractivity contribution in [1.82, 2.24) is 4.31 Å². The van der Waals surface area contributed by atoms with Crippen LogP contribution in [0.5, 0.6) is 0 Å². The summed E-state index contributed by atoms with van der Waals surface area (Å²) in [5.74, 6) is -0.777. The predicted octanol–water partition coefficient (Wildman–Crippen LogP) is 2.26. The normalized spacial score (nSPS) is 16.7. The summed E-state index contributed by atoms with van der Waals surface area (Å²) in [6.45, 7) is 2.48. The summed E-state index contributed by atoms with van der Waals surface area (Å²) in [5, 5.41) is 3.73. The molecule has 2 aromatic carbocycles. The smallest absolute Gasteiger partial charge is 0.338 e. The van der Waals surface area contributed by atoms with Gasteiger partial charge in [-0.3, -0.25) is 0 Å². The number of piperidine rings is 1. The van der Waals surface area contributed by atoms with Crippen LogP contribution >= 0.6 is 0 Å². The first kappa shape index (κ1) is 20.0. The van der Waals surface area contributed by atoms with Gasteiger partial charge in [-0.25, -0.2) is 13.2 Å². The van der Waals surface area contributed by atoms with E-state index in [4.69, 9.17) is 10.6 Å². The van der Waals surface area contributed by atoms with Crippen LogP contribution in [0.4, 0.5) is 0 Å². The number of hydrogen-bond donors (Lipinski definition) is 1. The molecule has 0 aliphatic carbocycles. The predicted molar refractivity (Wildman–Crippen MR) is 106 cm³/mol. The van der Waals surface area contributed by atoms with Crippen LogP contribution in [0.3, 0.4) is 0 Å². The van der Waals surface area contributed by atoms with Crippen LogP contribution in [0.2, 0.25) is 0 Å². The molecule has 1 aliphatic rings. The minimum absolute atomic E-state index is 0.123. The third kappa shape index (κ3) is 4.58. The van der Waals surface area contributed by atoms with Crippen molar-refractivity contribution in [2.75, 3.05) is 13.1 Å². The maximum atomic E-state index is 12.6. The summed E-state index contributed by atoms with van der Waals surface area (Å²) in [6, 6.07) is 15.7. The molecule has 3 rings (SSSR count). The fourth-order valence-corrected chi connectivity index (χ4v) is 4.51. The molecule has 8 heteroatoms. The maximum Gasteiger partial charge on any atom is 0.338 e. The van der Waals surface area contributed by atoms with E-state index in [1.807, 2.05) is 19.1 Å². The van der Waals surface area contributed by atoms with Gasteiger partial charge >= 0.3 is 5.97 Å². The number of aryl methyl sites for hydroxylation is 1. The Morgan fingerprint density at radius 1 is 1.07 bits per heavy atom. The summed E-state index contributed by atoms with van der Waals surface area (Å²) in [6.07, 6.45) is 0.760. The van der Waals surface area contributed by atoms with Crippen LogP contribution in [0.25, 0.3) is 0 Å². The molecule has 28 heavy (non-hydrogen) atoms. The molecular weight excluding hydrogens is 378 g/mol. The van der Waals surface area contributed by atoms with Gasteiger partial charge in [0.15, 0.2) is 5.84 Å². The van der Waals surface area contributed by atoms with Crippen molar-refractivity contribution in [2.24, 2.45) is 16.8 Å². The molecule has 2 N–H and O–H groups in total. The van der Waals surface area contributed by atoms with Crippen molar-refractivity contribution in [3.63, 3.8) is 0 Å². The van der Waals surface area contributed by atoms with E-state index in [0.29, 0.717) is 18.4 Å². The van der Waals surface area contributed by atoms with Crippen molar-refractivity contribution in [3.8, 4) is 0 Å². The van der Waals surface area contributed by atoms with Crippen molar-refractivity contribution in [2.45, 2.75) is 24.7 Å². The van der Waals surface area contributed by atoms with E-state index in [1.165, 1.54) is 4.31 Å². The van der Waals surface area contributed by atoms with Gasteiger partial charge < -0.3 is 10.6 Å². The van der Waals surface area contributed by atoms with Gasteiger partial charge in [0.2, 0.25) is 10.0 Å². The molecule has 1 aliphatic heterocycles. The Kier molecular flexibility index (Phi) is 6.11. The molecule has 0 radical (unpaired) electrons. The van der Waals surface area contributed by atoms with E-state index in [0.717, 1.165) is 5.56 Å². The van der Waals surface area contributed by atoms with E-state index in [2.05, 4.69) is 5.16 Å². The zero-order chi connectivity index (χ0) is 20.1. The third-order valence-electron chi connectivity index (χ3n) is 4.75. The molecule has 0 spiro atoms. The van der Waals surface area contributed by atoms with Crippen molar-refractivity contribution < 1.29 is 18.0 Å². The Morgan fingerprint density at radius 3 is 2.29 bits per heavy atom. The molecule has 0 atom stereocenters. The average Bonchev–Trinajstić information content (AvgIpc) is 2.73. The zero-order valence-corrected chi connectivity index (χ0v) is 16.4. The van der Waals surface area contributed by atoms with Crippen LogP contribution < -0.4 is 5.73 Å². The second-order valence-electron chi connectivity index (χ2n) is 6.74. The van der Waals surface area contributed by atoms with Gasteiger partial charge in [-0.2, -0.15) is 4.31 Å². The number of rotatable bonds is 5. The monoisotopic (exact) mass is 401 g/mol. The van der Waals surface area contributed by atoms with E-state index in [1.54, 1.807) is 42.5 Å². The molecule has 0 saturated carbocycles. The van der Waals surface area contributed by atoms with Crippen molar-refractivity contribution in [3.05, 3.63) is 65.7 Å². The second kappa shape index (κ2) is 8.53. The molecule has 2 aromatic rings. The number of carbonyl (C=O) groups excluding carboxylic acids is 1. The molecular formula is C20H23N3O4S. The van der Waals surface area contributed by atoms with Gasteiger partial charge in [-0.05, 0) is 31.9 Å². The minimum Gasteiger partial charge on any atom is -0.380 e. The number of benzene rings is 2. The summed E-state index contributed by atoms with van der Waals surface area (Å²) in [4.78, 5) is 17.5. The fourth-order valence-electron chi connectivity index (χ4n) is 3.02. The number of nitrogens with two attached hydrogens (primary N) is 1. The highest BCUT2D eigenvalue weighted by atomic mass is 32.2. The summed E-state index contributed by atoms with van der Waals surface area (Å²) >= 11 is 0. The third-order valence-corrected chi connectivity index (χ3v) is 6.66. The van der Waals surface area contributed by atoms with Gasteiger partial charge in [0.05, 0.1) is 10.8 Å². The lowest BCUT2D eigenvalue weighted by molar-refractivity contribution is -0.149. The molecule has 1 saturated heterocycles. The van der Waals surface area contributed by atoms with Gasteiger partial charge in [-0.15, -0.1) is 0 Å². The number of nitrogens with zero attached hydrogens (tertiary/aromatic N) is 2. The molecule has 1 fully saturated rings. The molecule has 0 amide bonds. The van der Waals surface area contributed by atoms with Crippen LogP contribution in [-0.2, 0) is 19.7 Å². The lowest BCUT2D eigenvalue weighted by atomic mass is 9.99. The second-order valence-corrected chi connectivity index (χ2v) is 8.68. The van der Waals surface area contributed by atoms with Crippen molar-refractivity contribution >= 4 is 21.8 Å². The first-order valence-corrected chi connectivity index (χ1v) is 10.5. The lowest BCUT2D eigenvalue weighted by Gasteiger charge is -2.29. The maximum absolute atomic E-state index is 12.6. The average molecular weight is 401 g/mol. The molecule has 7 nitrogen and oxygen atoms in total. The summed E-state index contributed by atoms with van der Waals surface area (Å²) < 4.78 is 26.7. The van der Waals surface area contributed by atoms with Gasteiger partial charge in [0.1, 0.15) is 0 Å². The Labute approximate surface area is 164 Å². The Morgan fingerprint density at radius 2 is 1.68 bits per heavy atom. The first-order valence-electron chi connectivity index (χ1n) is 9.04. The van der Waals surface area contributed by atoms with Crippen LogP contribution in [0.1, 0.15) is 24.0 Å². The molecule has 1 heterocycles. The quantitative estimate of drug-likeness (QED) is 0.358. The van der Waals surface area contributed by atoms with Crippen LogP contribution in [0, 0.1) is 12.8 Å². The van der Waals surface area contributed by atoms with Gasteiger partial charge in [-0.1, -0.05) is 53.2 Å². The molecule has 0 aromatic heterocycles. The Bertz CT molecular complexity index is 949. The summed E-state index contributed by atoms with van der Waals surface area (Å²) in [5.41, 5.74) is 7.61. The number of oxime groups is 1. The highest BCUT2D eigenvalue weighted by molar-refractivity contribution is 7.89. The first-order chi connectivity index (χ1) is 13.4. The number of hydrogen-bond acceptors (Lipinski definition) is 5. The van der Waals surface area contributed by atoms with Crippen molar-refractivity contribution in [1.29, 1.82) is 0 Å². The van der Waals surface area contributed by atoms with Gasteiger partial charge in [0.25, 0.3) is 0 Å². The van der Waals surface area contributed by atoms with E-state index in [9.17, 15) is 13.2 Å². The van der Waals surface area contributed by atoms with Gasteiger partial charge in [0, 0.05) is 18.7 Å². The highest BCUT2D eigenvalue weighted by Crippen LogP contribution is 2.24. The standard InChI is InChI=1S/C20H23N3O4S/c1-15-7-9-16(10-8-15)19(21)22-27-20(24)17-11-13-23(14-12-17)28(25,26)18-5-3-2-4-6-18/h2-10,17H,11-14H2,1H3,(H2,21,22). The number of sulfonamides is 1. The van der Waals surface area contributed by atoms with Crippen LogP contribution in [0.15, 0.2) is 64.6 Å². The fraction of sp³-hybridized carbons (Fsp3) is 0.300. The van der Waals surface area contributed by atoms with Crippen LogP contribution in [-0.4, -0.2) is 37.6 Å². The molecule has 0 bridgehead atoms. The highest BCUT2D eigenvalue weighted by Gasteiger charge is 2.33. The largest absolute Gasteiger partial charge is 0.380 e.